The van der Waals surface area contributed by atoms with Crippen molar-refractivity contribution in [2.75, 3.05) is 24.5 Å². The first-order chi connectivity index (χ1) is 19.6. The fourth-order valence-electron chi connectivity index (χ4n) is 4.27. The third-order valence-electron chi connectivity index (χ3n) is 6.52. The van der Waals surface area contributed by atoms with E-state index in [0.29, 0.717) is 23.7 Å². The molecule has 41 heavy (non-hydrogen) atoms. The van der Waals surface area contributed by atoms with Gasteiger partial charge in [-0.05, 0) is 60.9 Å². The molecule has 0 aliphatic carbocycles. The Labute approximate surface area is 252 Å². The minimum absolute atomic E-state index is 0.00772. The van der Waals surface area contributed by atoms with Crippen LogP contribution in [0.2, 0.25) is 10.0 Å². The molecule has 1 N–H and O–H groups in total. The molecule has 3 aromatic carbocycles. The number of carbonyl (C=O) groups is 2. The van der Waals surface area contributed by atoms with Crippen molar-refractivity contribution in [2.45, 2.75) is 50.6 Å². The van der Waals surface area contributed by atoms with Crippen molar-refractivity contribution in [3.8, 4) is 5.75 Å². The van der Waals surface area contributed by atoms with Crippen LogP contribution in [0.3, 0.4) is 0 Å². The van der Waals surface area contributed by atoms with Crippen molar-refractivity contribution >= 4 is 50.7 Å². The molecule has 0 heterocycles. The summed E-state index contributed by atoms with van der Waals surface area (Å²) in [6, 6.07) is 18.5. The molecule has 0 radical (unpaired) electrons. The zero-order valence-corrected chi connectivity index (χ0v) is 25.7. The normalized spacial score (nSPS) is 11.9. The average molecular weight is 621 g/mol. The first kappa shape index (κ1) is 32.2. The van der Waals surface area contributed by atoms with Gasteiger partial charge in [-0.3, -0.25) is 13.9 Å². The fraction of sp³-hybridized carbons (Fsp3) is 0.333. The maximum absolute atomic E-state index is 14.1. The monoisotopic (exact) mass is 619 g/mol. The van der Waals surface area contributed by atoms with Crippen LogP contribution in [0.4, 0.5) is 5.69 Å². The van der Waals surface area contributed by atoms with Gasteiger partial charge in [0.15, 0.2) is 0 Å². The zero-order valence-electron chi connectivity index (χ0n) is 23.3. The number of halogens is 2. The van der Waals surface area contributed by atoms with Gasteiger partial charge in [0.25, 0.3) is 10.0 Å². The molecular formula is C30H35Cl2N3O5S. The number of hydrogen-bond donors (Lipinski definition) is 1. The van der Waals surface area contributed by atoms with E-state index in [1.807, 2.05) is 13.8 Å². The van der Waals surface area contributed by atoms with E-state index in [4.69, 9.17) is 27.9 Å². The van der Waals surface area contributed by atoms with Crippen LogP contribution in [-0.4, -0.2) is 51.4 Å². The number of rotatable bonds is 14. The molecule has 0 aliphatic heterocycles. The highest BCUT2D eigenvalue weighted by atomic mass is 35.5. The lowest BCUT2D eigenvalue weighted by molar-refractivity contribution is -0.140. The van der Waals surface area contributed by atoms with Crippen LogP contribution in [0.15, 0.2) is 77.7 Å². The van der Waals surface area contributed by atoms with Gasteiger partial charge in [-0.15, -0.1) is 0 Å². The Balaban J connectivity index is 2.05. The third-order valence-corrected chi connectivity index (χ3v) is 8.85. The highest BCUT2D eigenvalue weighted by molar-refractivity contribution is 7.92. The summed E-state index contributed by atoms with van der Waals surface area (Å²) >= 11 is 12.4. The summed E-state index contributed by atoms with van der Waals surface area (Å²) in [5.74, 6) is -0.491. The smallest absolute Gasteiger partial charge is 0.264 e. The SMILES string of the molecule is CCCCNC(=O)C(CC)N(Cc1ccc(Cl)cc1)C(=O)CN(c1ccc(OC)c(Cl)c1)S(=O)(=O)c1ccccc1. The van der Waals surface area contributed by atoms with Crippen molar-refractivity contribution in [3.63, 3.8) is 0 Å². The molecule has 0 aromatic heterocycles. The third kappa shape index (κ3) is 8.38. The van der Waals surface area contributed by atoms with Gasteiger partial charge in [0.2, 0.25) is 11.8 Å². The maximum Gasteiger partial charge on any atom is 0.264 e. The molecule has 3 rings (SSSR count). The number of anilines is 1. The lowest BCUT2D eigenvalue weighted by Crippen LogP contribution is -2.52. The Morgan fingerprint density at radius 1 is 0.976 bits per heavy atom. The lowest BCUT2D eigenvalue weighted by atomic mass is 10.1. The molecule has 0 bridgehead atoms. The number of sulfonamides is 1. The highest BCUT2D eigenvalue weighted by Gasteiger charge is 2.33. The molecule has 0 saturated heterocycles. The van der Waals surface area contributed by atoms with Crippen LogP contribution in [0.25, 0.3) is 0 Å². The Hall–Kier alpha value is -3.27. The van der Waals surface area contributed by atoms with E-state index >= 15 is 0 Å². The number of unbranched alkanes of at least 4 members (excludes halogenated alkanes) is 1. The number of hydrogen-bond acceptors (Lipinski definition) is 5. The van der Waals surface area contributed by atoms with Crippen LogP contribution in [0.5, 0.6) is 5.75 Å². The Morgan fingerprint density at radius 3 is 2.24 bits per heavy atom. The quantitative estimate of drug-likeness (QED) is 0.226. The van der Waals surface area contributed by atoms with Gasteiger partial charge in [0, 0.05) is 18.1 Å². The number of benzene rings is 3. The predicted octanol–water partition coefficient (Wildman–Crippen LogP) is 5.92. The second-order valence-corrected chi connectivity index (χ2v) is 12.1. The molecule has 1 unspecified atom stereocenters. The molecule has 8 nitrogen and oxygen atoms in total. The van der Waals surface area contributed by atoms with E-state index in [1.165, 1.54) is 42.3 Å². The van der Waals surface area contributed by atoms with E-state index in [9.17, 15) is 18.0 Å². The zero-order chi connectivity index (χ0) is 30.0. The van der Waals surface area contributed by atoms with Gasteiger partial charge >= 0.3 is 0 Å². The van der Waals surface area contributed by atoms with Crippen molar-refractivity contribution in [1.29, 1.82) is 0 Å². The molecule has 220 valence electrons. The molecule has 11 heteroatoms. The summed E-state index contributed by atoms with van der Waals surface area (Å²) < 4.78 is 34.0. The summed E-state index contributed by atoms with van der Waals surface area (Å²) in [6.07, 6.45) is 2.03. The van der Waals surface area contributed by atoms with E-state index in [2.05, 4.69) is 5.32 Å². The van der Waals surface area contributed by atoms with E-state index < -0.39 is 28.5 Å². The minimum Gasteiger partial charge on any atom is -0.495 e. The second-order valence-electron chi connectivity index (χ2n) is 9.36. The fourth-order valence-corrected chi connectivity index (χ4v) is 6.08. The number of nitrogens with one attached hydrogen (secondary N) is 1. The Morgan fingerprint density at radius 2 is 1.66 bits per heavy atom. The standard InChI is InChI=1S/C30H35Cl2N3O5S/c1-4-6-18-33-30(37)27(5-2)34(20-22-12-14-23(31)15-13-22)29(36)21-35(24-16-17-28(40-3)26(32)19-24)41(38,39)25-10-8-7-9-11-25/h7-17,19,27H,4-6,18,20-21H2,1-3H3,(H,33,37). The van der Waals surface area contributed by atoms with Crippen molar-refractivity contribution in [3.05, 3.63) is 88.4 Å². The van der Waals surface area contributed by atoms with Crippen molar-refractivity contribution in [2.24, 2.45) is 0 Å². The van der Waals surface area contributed by atoms with Gasteiger partial charge in [-0.2, -0.15) is 0 Å². The number of ether oxygens (including phenoxy) is 1. The number of nitrogens with zero attached hydrogens (tertiary/aromatic N) is 2. The number of methoxy groups -OCH3 is 1. The lowest BCUT2D eigenvalue weighted by Gasteiger charge is -2.33. The molecule has 3 aromatic rings. The Bertz CT molecular complexity index is 1420. The number of amides is 2. The largest absolute Gasteiger partial charge is 0.495 e. The summed E-state index contributed by atoms with van der Waals surface area (Å²) in [4.78, 5) is 28.7. The number of carbonyl (C=O) groups excluding carboxylic acids is 2. The van der Waals surface area contributed by atoms with Gasteiger partial charge in [-0.1, -0.05) is 73.8 Å². The van der Waals surface area contributed by atoms with Gasteiger partial charge in [0.1, 0.15) is 18.3 Å². The molecule has 0 spiro atoms. The van der Waals surface area contributed by atoms with Crippen molar-refractivity contribution < 1.29 is 22.7 Å². The minimum atomic E-state index is -4.20. The summed E-state index contributed by atoms with van der Waals surface area (Å²) in [5.41, 5.74) is 0.924. The molecule has 0 saturated carbocycles. The molecule has 2 amide bonds. The predicted molar refractivity (Wildman–Crippen MR) is 163 cm³/mol. The van der Waals surface area contributed by atoms with Crippen LogP contribution in [-0.2, 0) is 26.2 Å². The molecule has 0 aliphatic rings. The first-order valence-corrected chi connectivity index (χ1v) is 15.5. The topological polar surface area (TPSA) is 96.0 Å². The second kappa shape index (κ2) is 15.1. The molecule has 0 fully saturated rings. The highest BCUT2D eigenvalue weighted by Crippen LogP contribution is 2.32. The van der Waals surface area contributed by atoms with E-state index in [1.54, 1.807) is 42.5 Å². The van der Waals surface area contributed by atoms with Crippen LogP contribution < -0.4 is 14.4 Å². The van der Waals surface area contributed by atoms with Crippen LogP contribution in [0, 0.1) is 0 Å². The summed E-state index contributed by atoms with van der Waals surface area (Å²) in [7, 11) is -2.75. The summed E-state index contributed by atoms with van der Waals surface area (Å²) in [5, 5.41) is 3.63. The van der Waals surface area contributed by atoms with Gasteiger partial charge in [-0.25, -0.2) is 8.42 Å². The summed E-state index contributed by atoms with van der Waals surface area (Å²) in [6.45, 7) is 3.83. The van der Waals surface area contributed by atoms with Gasteiger partial charge in [0.05, 0.1) is 22.7 Å². The van der Waals surface area contributed by atoms with Crippen LogP contribution >= 0.6 is 23.2 Å². The van der Waals surface area contributed by atoms with E-state index in [-0.39, 0.29) is 28.1 Å². The molecular weight excluding hydrogens is 585 g/mol. The van der Waals surface area contributed by atoms with Crippen LogP contribution in [0.1, 0.15) is 38.7 Å². The average Bonchev–Trinajstić information content (AvgIpc) is 2.97. The van der Waals surface area contributed by atoms with Gasteiger partial charge < -0.3 is 15.0 Å². The maximum atomic E-state index is 14.1. The van der Waals surface area contributed by atoms with Crippen molar-refractivity contribution in [1.82, 2.24) is 10.2 Å². The molecule has 1 atom stereocenters. The Kier molecular flexibility index (Phi) is 11.9. The van der Waals surface area contributed by atoms with E-state index in [0.717, 1.165) is 22.7 Å². The first-order valence-electron chi connectivity index (χ1n) is 13.3.